The number of rotatable bonds is 7. The van der Waals surface area contributed by atoms with Crippen LogP contribution in [0, 0.1) is 11.3 Å². The van der Waals surface area contributed by atoms with Gasteiger partial charge in [-0.1, -0.05) is 19.1 Å². The Morgan fingerprint density at radius 1 is 1.12 bits per heavy atom. The van der Waals surface area contributed by atoms with E-state index >= 15 is 0 Å². The van der Waals surface area contributed by atoms with Crippen LogP contribution in [-0.2, 0) is 0 Å². The lowest BCUT2D eigenvalue weighted by Gasteiger charge is -2.24. The molecule has 0 aliphatic carbocycles. The molecule has 0 amide bonds. The lowest BCUT2D eigenvalue weighted by molar-refractivity contribution is 0.242. The largest absolute Gasteiger partial charge is 0.494 e. The van der Waals surface area contributed by atoms with Gasteiger partial charge in [-0.05, 0) is 62.2 Å². The van der Waals surface area contributed by atoms with Gasteiger partial charge in [0, 0.05) is 5.56 Å². The van der Waals surface area contributed by atoms with Crippen molar-refractivity contribution < 1.29 is 14.2 Å². The van der Waals surface area contributed by atoms with E-state index in [9.17, 15) is 5.26 Å². The van der Waals surface area contributed by atoms with Crippen LogP contribution in [0.15, 0.2) is 60.0 Å². The van der Waals surface area contributed by atoms with Crippen LogP contribution in [0.25, 0.3) is 11.3 Å². The van der Waals surface area contributed by atoms with Crippen LogP contribution >= 0.6 is 0 Å². The molecular weight excluding hydrogens is 404 g/mol. The molecule has 1 aliphatic heterocycles. The maximum Gasteiger partial charge on any atom is 0.244 e. The van der Waals surface area contributed by atoms with Gasteiger partial charge in [0.25, 0.3) is 0 Å². The predicted molar refractivity (Wildman–Crippen MR) is 121 cm³/mol. The molecule has 2 aromatic carbocycles. The Morgan fingerprint density at radius 2 is 1.81 bits per heavy atom. The van der Waals surface area contributed by atoms with Gasteiger partial charge in [0.1, 0.15) is 23.1 Å². The summed E-state index contributed by atoms with van der Waals surface area (Å²) in [5, 5.41) is 17.3. The monoisotopic (exact) mass is 430 g/mol. The van der Waals surface area contributed by atoms with Crippen molar-refractivity contribution in [2.75, 3.05) is 6.61 Å². The first kappa shape index (κ1) is 21.3. The van der Waals surface area contributed by atoms with Gasteiger partial charge in [0.15, 0.2) is 0 Å². The van der Waals surface area contributed by atoms with Crippen molar-refractivity contribution in [1.29, 1.82) is 5.26 Å². The highest BCUT2D eigenvalue weighted by molar-refractivity contribution is 5.71. The Kier molecular flexibility index (Phi) is 6.04. The van der Waals surface area contributed by atoms with Crippen LogP contribution in [0.3, 0.4) is 0 Å². The Bertz CT molecular complexity index is 1160. The van der Waals surface area contributed by atoms with E-state index in [4.69, 9.17) is 19.9 Å². The third-order valence-corrected chi connectivity index (χ3v) is 5.14. The molecule has 32 heavy (non-hydrogen) atoms. The third-order valence-electron chi connectivity index (χ3n) is 5.14. The molecule has 1 atom stereocenters. The molecule has 7 nitrogen and oxygen atoms in total. The molecule has 0 unspecified atom stereocenters. The molecule has 0 saturated carbocycles. The van der Waals surface area contributed by atoms with Gasteiger partial charge in [0.2, 0.25) is 11.8 Å². The molecule has 7 heteroatoms. The van der Waals surface area contributed by atoms with Crippen molar-refractivity contribution >= 4 is 0 Å². The fourth-order valence-corrected chi connectivity index (χ4v) is 3.75. The van der Waals surface area contributed by atoms with E-state index in [0.29, 0.717) is 18.1 Å². The number of aromatic nitrogens is 2. The van der Waals surface area contributed by atoms with Gasteiger partial charge in [0.05, 0.1) is 29.9 Å². The highest BCUT2D eigenvalue weighted by atomic mass is 16.5. The van der Waals surface area contributed by atoms with Crippen LogP contribution in [0.4, 0.5) is 0 Å². The molecule has 3 aromatic rings. The normalized spacial score (nSPS) is 15.2. The summed E-state index contributed by atoms with van der Waals surface area (Å²) in [6.45, 7) is 6.69. The molecule has 164 valence electrons. The maximum absolute atomic E-state index is 9.87. The van der Waals surface area contributed by atoms with E-state index in [1.807, 2.05) is 62.4 Å². The number of hydrogen-bond acceptors (Lipinski definition) is 6. The lowest BCUT2D eigenvalue weighted by atomic mass is 9.83. The summed E-state index contributed by atoms with van der Waals surface area (Å²) in [6, 6.07) is 17.7. The summed E-state index contributed by atoms with van der Waals surface area (Å²) in [5.74, 6) is 1.59. The first-order chi connectivity index (χ1) is 15.5. The third kappa shape index (κ3) is 4.12. The highest BCUT2D eigenvalue weighted by Crippen LogP contribution is 2.45. The molecule has 0 bridgehead atoms. The minimum absolute atomic E-state index is 0.0638. The van der Waals surface area contributed by atoms with Gasteiger partial charge in [-0.15, -0.1) is 5.10 Å². The van der Waals surface area contributed by atoms with E-state index < -0.39 is 5.92 Å². The van der Waals surface area contributed by atoms with E-state index in [1.165, 1.54) is 0 Å². The number of nitrogens with two attached hydrogens (primary N) is 1. The minimum atomic E-state index is -0.415. The topological polar surface area (TPSA) is 106 Å². The number of nitrogens with zero attached hydrogens (tertiary/aromatic N) is 2. The number of benzene rings is 2. The Labute approximate surface area is 187 Å². The molecule has 1 aliphatic rings. The number of ether oxygens (including phenoxy) is 3. The van der Waals surface area contributed by atoms with Crippen molar-refractivity contribution in [3.63, 3.8) is 0 Å². The first-order valence-corrected chi connectivity index (χ1v) is 10.7. The molecule has 2 heterocycles. The Hall–Kier alpha value is -3.92. The number of H-pyrrole nitrogens is 1. The van der Waals surface area contributed by atoms with Crippen molar-refractivity contribution in [3.8, 4) is 34.7 Å². The Morgan fingerprint density at radius 3 is 2.44 bits per heavy atom. The fraction of sp³-hybridized carbons (Fsp3) is 0.280. The maximum atomic E-state index is 9.87. The molecule has 0 spiro atoms. The van der Waals surface area contributed by atoms with Crippen LogP contribution in [0.2, 0.25) is 0 Å². The van der Waals surface area contributed by atoms with Gasteiger partial charge in [-0.3, -0.25) is 5.10 Å². The average Bonchev–Trinajstić information content (AvgIpc) is 3.20. The van der Waals surface area contributed by atoms with E-state index in [2.05, 4.69) is 23.2 Å². The number of nitrogens with one attached hydrogen (secondary N) is 1. The smallest absolute Gasteiger partial charge is 0.244 e. The fourth-order valence-electron chi connectivity index (χ4n) is 3.75. The van der Waals surface area contributed by atoms with Crippen molar-refractivity contribution in [2.24, 2.45) is 5.73 Å². The molecule has 0 fully saturated rings. The van der Waals surface area contributed by atoms with Crippen LogP contribution in [-0.4, -0.2) is 22.9 Å². The molecule has 0 saturated heterocycles. The summed E-state index contributed by atoms with van der Waals surface area (Å²) < 4.78 is 17.1. The number of fused-ring (bicyclic) bond motifs is 1. The summed E-state index contributed by atoms with van der Waals surface area (Å²) in [4.78, 5) is 0. The Balaban J connectivity index is 1.75. The highest BCUT2D eigenvalue weighted by Gasteiger charge is 2.35. The summed E-state index contributed by atoms with van der Waals surface area (Å²) in [5.41, 5.74) is 9.79. The zero-order chi connectivity index (χ0) is 22.7. The van der Waals surface area contributed by atoms with Crippen LogP contribution in [0.1, 0.15) is 44.2 Å². The van der Waals surface area contributed by atoms with Crippen LogP contribution < -0.4 is 19.9 Å². The predicted octanol–water partition coefficient (Wildman–Crippen LogP) is 4.87. The molecular formula is C25H26N4O3. The second kappa shape index (κ2) is 9.06. The van der Waals surface area contributed by atoms with Crippen LogP contribution in [0.5, 0.6) is 17.4 Å². The van der Waals surface area contributed by atoms with E-state index in [-0.39, 0.29) is 12.0 Å². The summed E-state index contributed by atoms with van der Waals surface area (Å²) in [7, 11) is 0. The number of aromatic amines is 1. The van der Waals surface area contributed by atoms with Gasteiger partial charge < -0.3 is 19.9 Å². The van der Waals surface area contributed by atoms with Gasteiger partial charge in [-0.2, -0.15) is 5.26 Å². The molecule has 0 radical (unpaired) electrons. The zero-order valence-corrected chi connectivity index (χ0v) is 18.4. The molecule has 1 aromatic heterocycles. The van der Waals surface area contributed by atoms with E-state index in [0.717, 1.165) is 40.3 Å². The number of nitriles is 1. The number of allylic oxidation sites excluding steroid dienone is 1. The van der Waals surface area contributed by atoms with Gasteiger partial charge in [-0.25, -0.2) is 0 Å². The SMILES string of the molecule is CCCOc1ccc(-c2[nH]nc3c2[C@@H](c2ccc(OC(C)C)cc2)C(C#N)=C(N)O3)cc1. The quantitative estimate of drug-likeness (QED) is 0.554. The lowest BCUT2D eigenvalue weighted by Crippen LogP contribution is -2.21. The first-order valence-electron chi connectivity index (χ1n) is 10.7. The molecule has 4 rings (SSSR count). The second-order valence-electron chi connectivity index (χ2n) is 7.85. The summed E-state index contributed by atoms with van der Waals surface area (Å²) in [6.07, 6.45) is 1.02. The van der Waals surface area contributed by atoms with Crippen molar-refractivity contribution in [2.45, 2.75) is 39.2 Å². The number of hydrogen-bond donors (Lipinski definition) is 2. The zero-order valence-electron chi connectivity index (χ0n) is 18.4. The minimum Gasteiger partial charge on any atom is -0.494 e. The van der Waals surface area contributed by atoms with Gasteiger partial charge >= 0.3 is 0 Å². The average molecular weight is 431 g/mol. The molecule has 3 N–H and O–H groups in total. The van der Waals surface area contributed by atoms with Crippen molar-refractivity contribution in [3.05, 3.63) is 71.1 Å². The van der Waals surface area contributed by atoms with E-state index in [1.54, 1.807) is 0 Å². The summed E-state index contributed by atoms with van der Waals surface area (Å²) >= 11 is 0. The second-order valence-corrected chi connectivity index (χ2v) is 7.85. The standard InChI is InChI=1S/C25H26N4O3/c1-4-13-30-18-9-7-17(8-10-18)23-22-21(16-5-11-19(12-6-16)31-15(2)3)20(14-26)24(27)32-25(22)29-28-23/h5-12,15,21H,4,13,27H2,1-3H3,(H,28,29)/t21-/m0/s1. The van der Waals surface area contributed by atoms with Crippen molar-refractivity contribution in [1.82, 2.24) is 10.2 Å².